The average Bonchev–Trinajstić information content (AvgIpc) is 3.27. The van der Waals surface area contributed by atoms with Crippen LogP contribution >= 0.6 is 0 Å². The van der Waals surface area contributed by atoms with Gasteiger partial charge < -0.3 is 9.80 Å². The first-order valence-electron chi connectivity index (χ1n) is 10.7. The summed E-state index contributed by atoms with van der Waals surface area (Å²) in [5, 5.41) is 4.64. The topological polar surface area (TPSA) is 41.4 Å². The third kappa shape index (κ3) is 4.48. The standard InChI is InChI=1S/C21H36N4O/c1-4-9-20(25-18(3)16-17(2)22-25)21(26)24-14-6-5-10-19(24)11-15-23-12-7-8-13-23/h16,19-20H,4-15H2,1-3H3. The molecule has 2 saturated heterocycles. The summed E-state index contributed by atoms with van der Waals surface area (Å²) in [6.07, 6.45) is 9.23. The van der Waals surface area contributed by atoms with Crippen molar-refractivity contribution < 1.29 is 4.79 Å². The maximum absolute atomic E-state index is 13.5. The smallest absolute Gasteiger partial charge is 0.247 e. The number of nitrogens with zero attached hydrogens (tertiary/aromatic N) is 4. The Labute approximate surface area is 158 Å². The van der Waals surface area contributed by atoms with Gasteiger partial charge in [0.25, 0.3) is 0 Å². The van der Waals surface area contributed by atoms with Crippen molar-refractivity contribution in [1.82, 2.24) is 19.6 Å². The number of piperidine rings is 1. The molecule has 5 nitrogen and oxygen atoms in total. The van der Waals surface area contributed by atoms with Crippen LogP contribution in [-0.4, -0.2) is 57.7 Å². The number of hydrogen-bond acceptors (Lipinski definition) is 3. The Hall–Kier alpha value is -1.36. The summed E-state index contributed by atoms with van der Waals surface area (Å²) < 4.78 is 1.98. The second kappa shape index (κ2) is 9.03. The zero-order chi connectivity index (χ0) is 18.5. The van der Waals surface area contributed by atoms with Gasteiger partial charge in [0.2, 0.25) is 5.91 Å². The highest BCUT2D eigenvalue weighted by molar-refractivity contribution is 5.81. The van der Waals surface area contributed by atoms with Crippen LogP contribution in [0.2, 0.25) is 0 Å². The molecule has 3 heterocycles. The van der Waals surface area contributed by atoms with Gasteiger partial charge in [0, 0.05) is 24.8 Å². The molecule has 0 spiro atoms. The first kappa shape index (κ1) is 19.4. The summed E-state index contributed by atoms with van der Waals surface area (Å²) in [7, 11) is 0. The molecule has 0 N–H and O–H groups in total. The van der Waals surface area contributed by atoms with Crippen LogP contribution in [0.25, 0.3) is 0 Å². The van der Waals surface area contributed by atoms with Gasteiger partial charge in [0.1, 0.15) is 6.04 Å². The molecule has 0 radical (unpaired) electrons. The fourth-order valence-electron chi connectivity index (χ4n) is 4.71. The van der Waals surface area contributed by atoms with E-state index in [4.69, 9.17) is 0 Å². The lowest BCUT2D eigenvalue weighted by atomic mass is 9.97. The number of amides is 1. The van der Waals surface area contributed by atoms with Gasteiger partial charge >= 0.3 is 0 Å². The fraction of sp³-hybridized carbons (Fsp3) is 0.810. The molecule has 2 aliphatic heterocycles. The Morgan fingerprint density at radius 3 is 2.58 bits per heavy atom. The summed E-state index contributed by atoms with van der Waals surface area (Å²) in [5.74, 6) is 0.296. The molecule has 2 atom stereocenters. The molecule has 0 saturated carbocycles. The number of carbonyl (C=O) groups is 1. The Balaban J connectivity index is 1.71. The van der Waals surface area contributed by atoms with Crippen molar-refractivity contribution in [2.45, 2.75) is 84.2 Å². The average molecular weight is 361 g/mol. The molecule has 1 amide bonds. The fourth-order valence-corrected chi connectivity index (χ4v) is 4.71. The molecule has 1 aromatic heterocycles. The van der Waals surface area contributed by atoms with Gasteiger partial charge in [-0.05, 0) is 77.9 Å². The summed E-state index contributed by atoms with van der Waals surface area (Å²) in [6.45, 7) is 10.8. The van der Waals surface area contributed by atoms with E-state index in [9.17, 15) is 4.79 Å². The molecular weight excluding hydrogens is 324 g/mol. The van der Waals surface area contributed by atoms with Gasteiger partial charge in [-0.3, -0.25) is 9.48 Å². The lowest BCUT2D eigenvalue weighted by Gasteiger charge is -2.38. The maximum atomic E-state index is 13.5. The van der Waals surface area contributed by atoms with E-state index in [1.54, 1.807) is 0 Å². The molecule has 146 valence electrons. The quantitative estimate of drug-likeness (QED) is 0.744. The zero-order valence-electron chi connectivity index (χ0n) is 16.9. The first-order chi connectivity index (χ1) is 12.6. The van der Waals surface area contributed by atoms with Crippen LogP contribution in [0.3, 0.4) is 0 Å². The molecule has 2 fully saturated rings. The van der Waals surface area contributed by atoms with Crippen molar-refractivity contribution in [3.63, 3.8) is 0 Å². The third-order valence-electron chi connectivity index (χ3n) is 6.07. The first-order valence-corrected chi connectivity index (χ1v) is 10.7. The molecule has 0 bridgehead atoms. The van der Waals surface area contributed by atoms with E-state index in [0.29, 0.717) is 11.9 Å². The SMILES string of the molecule is CCCC(C(=O)N1CCCCC1CCN1CCCC1)n1nc(C)cc1C. The van der Waals surface area contributed by atoms with E-state index in [0.717, 1.165) is 56.6 Å². The normalized spacial score (nSPS) is 22.7. The minimum absolute atomic E-state index is 0.138. The summed E-state index contributed by atoms with van der Waals surface area (Å²) in [5.41, 5.74) is 2.10. The van der Waals surface area contributed by atoms with Crippen LogP contribution in [0.4, 0.5) is 0 Å². The highest BCUT2D eigenvalue weighted by Gasteiger charge is 2.33. The third-order valence-corrected chi connectivity index (χ3v) is 6.07. The van der Waals surface area contributed by atoms with Crippen molar-refractivity contribution in [1.29, 1.82) is 0 Å². The van der Waals surface area contributed by atoms with Crippen LogP contribution in [0.5, 0.6) is 0 Å². The van der Waals surface area contributed by atoms with Gasteiger partial charge in [0.15, 0.2) is 0 Å². The Morgan fingerprint density at radius 1 is 1.19 bits per heavy atom. The molecule has 5 heteroatoms. The van der Waals surface area contributed by atoms with Gasteiger partial charge in [-0.15, -0.1) is 0 Å². The largest absolute Gasteiger partial charge is 0.338 e. The van der Waals surface area contributed by atoms with Crippen LogP contribution < -0.4 is 0 Å². The maximum Gasteiger partial charge on any atom is 0.247 e. The van der Waals surface area contributed by atoms with Crippen molar-refractivity contribution in [3.05, 3.63) is 17.5 Å². The van der Waals surface area contributed by atoms with E-state index in [1.165, 1.54) is 32.4 Å². The summed E-state index contributed by atoms with van der Waals surface area (Å²) in [6, 6.07) is 2.35. The predicted octanol–water partition coefficient (Wildman–Crippen LogP) is 3.71. The summed E-state index contributed by atoms with van der Waals surface area (Å²) >= 11 is 0. The molecule has 1 aromatic rings. The Kier molecular flexibility index (Phi) is 6.74. The summed E-state index contributed by atoms with van der Waals surface area (Å²) in [4.78, 5) is 18.3. The van der Waals surface area contributed by atoms with Crippen LogP contribution in [0, 0.1) is 13.8 Å². The minimum atomic E-state index is -0.138. The highest BCUT2D eigenvalue weighted by atomic mass is 16.2. The van der Waals surface area contributed by atoms with E-state index >= 15 is 0 Å². The molecule has 2 aliphatic rings. The van der Waals surface area contributed by atoms with Gasteiger partial charge in [-0.25, -0.2) is 0 Å². The number of rotatable bonds is 7. The van der Waals surface area contributed by atoms with E-state index in [1.807, 2.05) is 11.6 Å². The van der Waals surface area contributed by atoms with Crippen LogP contribution in [0.1, 0.15) is 75.7 Å². The van der Waals surface area contributed by atoms with Crippen molar-refractivity contribution >= 4 is 5.91 Å². The van der Waals surface area contributed by atoms with Gasteiger partial charge in [-0.2, -0.15) is 5.10 Å². The molecule has 3 rings (SSSR count). The Morgan fingerprint density at radius 2 is 1.92 bits per heavy atom. The molecule has 0 aliphatic carbocycles. The van der Waals surface area contributed by atoms with Crippen LogP contribution in [-0.2, 0) is 4.79 Å². The van der Waals surface area contributed by atoms with E-state index < -0.39 is 0 Å². The van der Waals surface area contributed by atoms with Gasteiger partial charge in [-0.1, -0.05) is 13.3 Å². The second-order valence-corrected chi connectivity index (χ2v) is 8.19. The number of aryl methyl sites for hydroxylation is 2. The zero-order valence-corrected chi connectivity index (χ0v) is 16.9. The molecular formula is C21H36N4O. The van der Waals surface area contributed by atoms with E-state index in [2.05, 4.69) is 34.8 Å². The molecule has 0 aromatic carbocycles. The predicted molar refractivity (Wildman–Crippen MR) is 105 cm³/mol. The number of hydrogen-bond donors (Lipinski definition) is 0. The van der Waals surface area contributed by atoms with Crippen molar-refractivity contribution in [2.75, 3.05) is 26.2 Å². The number of aromatic nitrogens is 2. The van der Waals surface area contributed by atoms with E-state index in [-0.39, 0.29) is 6.04 Å². The second-order valence-electron chi connectivity index (χ2n) is 8.19. The monoisotopic (exact) mass is 360 g/mol. The van der Waals surface area contributed by atoms with Gasteiger partial charge in [0.05, 0.1) is 5.69 Å². The van der Waals surface area contributed by atoms with Crippen molar-refractivity contribution in [2.24, 2.45) is 0 Å². The number of likely N-dealkylation sites (tertiary alicyclic amines) is 2. The van der Waals surface area contributed by atoms with Crippen LogP contribution in [0.15, 0.2) is 6.07 Å². The van der Waals surface area contributed by atoms with Crippen molar-refractivity contribution in [3.8, 4) is 0 Å². The Bertz CT molecular complexity index is 591. The minimum Gasteiger partial charge on any atom is -0.338 e. The lowest BCUT2D eigenvalue weighted by molar-refractivity contribution is -0.139. The molecule has 2 unspecified atom stereocenters. The lowest BCUT2D eigenvalue weighted by Crippen LogP contribution is -2.48. The molecule has 26 heavy (non-hydrogen) atoms. The number of carbonyl (C=O) groups excluding carboxylic acids is 1. The highest BCUT2D eigenvalue weighted by Crippen LogP contribution is 2.27.